The van der Waals surface area contributed by atoms with Crippen molar-refractivity contribution in [2.75, 3.05) is 38.5 Å². The van der Waals surface area contributed by atoms with Crippen molar-refractivity contribution >= 4 is 23.0 Å². The number of anilines is 1. The number of pyridine rings is 1. The molecule has 2 saturated heterocycles. The fourth-order valence-corrected chi connectivity index (χ4v) is 5.60. The van der Waals surface area contributed by atoms with Crippen molar-refractivity contribution in [1.82, 2.24) is 29.7 Å². The van der Waals surface area contributed by atoms with Crippen LogP contribution in [-0.2, 0) is 0 Å². The second-order valence-electron chi connectivity index (χ2n) is 11.1. The van der Waals surface area contributed by atoms with E-state index in [0.717, 1.165) is 55.3 Å². The Morgan fingerprint density at radius 3 is 2.42 bits per heavy atom. The number of aromatic nitrogens is 3. The number of nitrogens with one attached hydrogen (secondary N) is 2. The normalized spacial score (nSPS) is 17.8. The van der Waals surface area contributed by atoms with Crippen molar-refractivity contribution in [1.29, 1.82) is 0 Å². The number of aryl methyl sites for hydroxylation is 1. The van der Waals surface area contributed by atoms with Crippen LogP contribution in [0.15, 0.2) is 41.3 Å². The minimum Gasteiger partial charge on any atom is -0.351 e. The number of likely N-dealkylation sites (tertiary alicyclic amines) is 2. The molecule has 0 spiro atoms. The summed E-state index contributed by atoms with van der Waals surface area (Å²) >= 11 is 0. The first-order valence-corrected chi connectivity index (χ1v) is 13.8. The number of hydrogen-bond acceptors (Lipinski definition) is 6. The molecule has 5 rings (SSSR count). The molecule has 0 atom stereocenters. The molecule has 2 aliphatic rings. The SMILES string of the molecule is Cc1ccccc1-c1cc2cnc(NC3CCN(C(=O)NC(C)C)CC3)nc2n(C2CCN(C)CC2)c1=O. The van der Waals surface area contributed by atoms with E-state index in [-0.39, 0.29) is 29.7 Å². The van der Waals surface area contributed by atoms with Crippen molar-refractivity contribution in [3.63, 3.8) is 0 Å². The van der Waals surface area contributed by atoms with E-state index < -0.39 is 0 Å². The number of hydrogen-bond donors (Lipinski definition) is 2. The monoisotopic (exact) mass is 517 g/mol. The first-order valence-electron chi connectivity index (χ1n) is 13.8. The van der Waals surface area contributed by atoms with Crippen LogP contribution in [0.25, 0.3) is 22.2 Å². The maximum atomic E-state index is 14.0. The first kappa shape index (κ1) is 26.2. The van der Waals surface area contributed by atoms with Crippen LogP contribution >= 0.6 is 0 Å². The minimum atomic E-state index is -0.00740. The van der Waals surface area contributed by atoms with Crippen LogP contribution in [-0.4, -0.2) is 75.7 Å². The van der Waals surface area contributed by atoms with Gasteiger partial charge in [-0.3, -0.25) is 9.36 Å². The third kappa shape index (κ3) is 5.53. The molecule has 202 valence electrons. The lowest BCUT2D eigenvalue weighted by atomic mass is 9.99. The van der Waals surface area contributed by atoms with E-state index in [1.54, 1.807) is 0 Å². The number of amides is 2. The van der Waals surface area contributed by atoms with Crippen LogP contribution in [0.1, 0.15) is 51.1 Å². The molecular formula is C29H39N7O2. The zero-order valence-electron chi connectivity index (χ0n) is 22.9. The van der Waals surface area contributed by atoms with Gasteiger partial charge in [0.05, 0.1) is 0 Å². The van der Waals surface area contributed by atoms with Gasteiger partial charge in [-0.05, 0) is 83.8 Å². The molecule has 2 N–H and O–H groups in total. The predicted molar refractivity (Wildman–Crippen MR) is 152 cm³/mol. The second-order valence-corrected chi connectivity index (χ2v) is 11.1. The van der Waals surface area contributed by atoms with Crippen molar-refractivity contribution in [2.24, 2.45) is 0 Å². The molecular weight excluding hydrogens is 478 g/mol. The van der Waals surface area contributed by atoms with E-state index in [9.17, 15) is 9.59 Å². The lowest BCUT2D eigenvalue weighted by Gasteiger charge is -2.33. The standard InChI is InChI=1S/C29H39N7O2/c1-19(2)31-29(38)35-15-9-22(10-16-35)32-28-30-18-21-17-25(24-8-6-5-7-20(24)3)27(37)36(26(21)33-28)23-11-13-34(4)14-12-23/h5-8,17-19,22-23H,9-16H2,1-4H3,(H,31,38)(H,30,32,33). The van der Waals surface area contributed by atoms with Gasteiger partial charge < -0.3 is 20.4 Å². The molecule has 0 saturated carbocycles. The van der Waals surface area contributed by atoms with Crippen LogP contribution in [0.5, 0.6) is 0 Å². The Kier molecular flexibility index (Phi) is 7.65. The van der Waals surface area contributed by atoms with E-state index in [2.05, 4.69) is 27.6 Å². The molecule has 0 aliphatic carbocycles. The van der Waals surface area contributed by atoms with Gasteiger partial charge in [0.1, 0.15) is 5.65 Å². The molecule has 2 aliphatic heterocycles. The highest BCUT2D eigenvalue weighted by Gasteiger charge is 2.26. The van der Waals surface area contributed by atoms with Gasteiger partial charge in [0, 0.05) is 48.4 Å². The van der Waals surface area contributed by atoms with Gasteiger partial charge in [-0.15, -0.1) is 0 Å². The Hall–Kier alpha value is -3.46. The molecule has 4 heterocycles. The highest BCUT2D eigenvalue weighted by molar-refractivity contribution is 5.82. The lowest BCUT2D eigenvalue weighted by Crippen LogP contribution is -2.48. The van der Waals surface area contributed by atoms with E-state index in [0.29, 0.717) is 30.2 Å². The summed E-state index contributed by atoms with van der Waals surface area (Å²) in [5, 5.41) is 7.32. The number of benzene rings is 1. The van der Waals surface area contributed by atoms with Gasteiger partial charge in [-0.25, -0.2) is 9.78 Å². The number of fused-ring (bicyclic) bond motifs is 1. The number of piperidine rings is 2. The van der Waals surface area contributed by atoms with Crippen LogP contribution < -0.4 is 16.2 Å². The van der Waals surface area contributed by atoms with Crippen LogP contribution in [0.4, 0.5) is 10.7 Å². The second kappa shape index (κ2) is 11.1. The summed E-state index contributed by atoms with van der Waals surface area (Å²) in [5.41, 5.74) is 3.43. The van der Waals surface area contributed by atoms with E-state index in [1.807, 2.05) is 66.8 Å². The molecule has 2 aromatic heterocycles. The van der Waals surface area contributed by atoms with Gasteiger partial charge in [0.25, 0.3) is 5.56 Å². The third-order valence-electron chi connectivity index (χ3n) is 7.79. The van der Waals surface area contributed by atoms with Crippen LogP contribution in [0.3, 0.4) is 0 Å². The summed E-state index contributed by atoms with van der Waals surface area (Å²) in [5.74, 6) is 0.535. The van der Waals surface area contributed by atoms with Gasteiger partial charge in [-0.1, -0.05) is 24.3 Å². The van der Waals surface area contributed by atoms with Crippen LogP contribution in [0, 0.1) is 6.92 Å². The molecule has 1 aromatic carbocycles. The molecule has 9 nitrogen and oxygen atoms in total. The highest BCUT2D eigenvalue weighted by Crippen LogP contribution is 2.29. The van der Waals surface area contributed by atoms with E-state index >= 15 is 0 Å². The maximum absolute atomic E-state index is 14.0. The summed E-state index contributed by atoms with van der Waals surface area (Å²) < 4.78 is 1.93. The first-order chi connectivity index (χ1) is 18.3. The molecule has 9 heteroatoms. The molecule has 0 radical (unpaired) electrons. The summed E-state index contributed by atoms with van der Waals surface area (Å²) in [6.45, 7) is 9.25. The minimum absolute atomic E-state index is 0.00740. The van der Waals surface area contributed by atoms with Gasteiger partial charge in [0.2, 0.25) is 5.95 Å². The highest BCUT2D eigenvalue weighted by atomic mass is 16.2. The Morgan fingerprint density at radius 2 is 1.74 bits per heavy atom. The van der Waals surface area contributed by atoms with Crippen molar-refractivity contribution in [3.05, 3.63) is 52.4 Å². The summed E-state index contributed by atoms with van der Waals surface area (Å²) in [6.07, 6.45) is 5.29. The zero-order chi connectivity index (χ0) is 26.8. The van der Waals surface area contributed by atoms with Crippen LogP contribution in [0.2, 0.25) is 0 Å². The van der Waals surface area contributed by atoms with E-state index in [1.165, 1.54) is 0 Å². The number of nitrogens with zero attached hydrogens (tertiary/aromatic N) is 5. The molecule has 38 heavy (non-hydrogen) atoms. The average Bonchev–Trinajstić information content (AvgIpc) is 2.90. The number of carbonyl (C=O) groups is 1. The van der Waals surface area contributed by atoms with Gasteiger partial charge in [0.15, 0.2) is 0 Å². The third-order valence-corrected chi connectivity index (χ3v) is 7.79. The maximum Gasteiger partial charge on any atom is 0.317 e. The number of rotatable bonds is 5. The summed E-state index contributed by atoms with van der Waals surface area (Å²) in [7, 11) is 2.13. The molecule has 0 bridgehead atoms. The predicted octanol–water partition coefficient (Wildman–Crippen LogP) is 4.03. The largest absolute Gasteiger partial charge is 0.351 e. The Bertz CT molecular complexity index is 1350. The molecule has 3 aromatic rings. The number of urea groups is 1. The quantitative estimate of drug-likeness (QED) is 0.531. The van der Waals surface area contributed by atoms with Crippen molar-refractivity contribution in [2.45, 2.75) is 64.6 Å². The Labute approximate surface area is 224 Å². The topological polar surface area (TPSA) is 95.4 Å². The van der Waals surface area contributed by atoms with Crippen molar-refractivity contribution < 1.29 is 4.79 Å². The van der Waals surface area contributed by atoms with E-state index in [4.69, 9.17) is 4.98 Å². The summed E-state index contributed by atoms with van der Waals surface area (Å²) in [4.78, 5) is 40.1. The lowest BCUT2D eigenvalue weighted by molar-refractivity contribution is 0.181. The smallest absolute Gasteiger partial charge is 0.317 e. The molecule has 2 fully saturated rings. The Morgan fingerprint density at radius 1 is 1.03 bits per heavy atom. The molecule has 2 amide bonds. The fraction of sp³-hybridized carbons (Fsp3) is 0.517. The Balaban J connectivity index is 1.45. The van der Waals surface area contributed by atoms with Gasteiger partial charge >= 0.3 is 6.03 Å². The summed E-state index contributed by atoms with van der Waals surface area (Å²) in [6, 6.07) is 10.4. The zero-order valence-corrected chi connectivity index (χ0v) is 22.9. The van der Waals surface area contributed by atoms with Crippen molar-refractivity contribution in [3.8, 4) is 11.1 Å². The fourth-order valence-electron chi connectivity index (χ4n) is 5.60. The average molecular weight is 518 g/mol. The van der Waals surface area contributed by atoms with Gasteiger partial charge in [-0.2, -0.15) is 4.98 Å². The molecule has 0 unspecified atom stereocenters. The number of carbonyl (C=O) groups excluding carboxylic acids is 1.